The molecule has 1 atom stereocenters. The third-order valence-corrected chi connectivity index (χ3v) is 8.68. The largest absolute Gasteiger partial charge is 0.341 e. The summed E-state index contributed by atoms with van der Waals surface area (Å²) in [5, 5.41) is 13.0. The fraction of sp³-hybridized carbons (Fsp3) is 0.176. The molecule has 7 rings (SSSR count). The van der Waals surface area contributed by atoms with Gasteiger partial charge in [-0.2, -0.15) is 0 Å². The zero-order chi connectivity index (χ0) is 28.8. The van der Waals surface area contributed by atoms with Gasteiger partial charge in [0.2, 0.25) is 0 Å². The van der Waals surface area contributed by atoms with Gasteiger partial charge in [-0.1, -0.05) is 59.6 Å². The van der Waals surface area contributed by atoms with E-state index in [1.807, 2.05) is 48.0 Å². The number of aryl methyl sites for hydroxylation is 2. The highest BCUT2D eigenvalue weighted by Gasteiger charge is 2.40. The molecule has 0 radical (unpaired) electrons. The van der Waals surface area contributed by atoms with Crippen LogP contribution in [-0.2, 0) is 18.5 Å². The van der Waals surface area contributed by atoms with Gasteiger partial charge in [0, 0.05) is 45.8 Å². The van der Waals surface area contributed by atoms with Crippen LogP contribution in [0.1, 0.15) is 39.4 Å². The van der Waals surface area contributed by atoms with Crippen LogP contribution in [0.5, 0.6) is 0 Å². The van der Waals surface area contributed by atoms with Crippen molar-refractivity contribution in [2.75, 3.05) is 0 Å². The van der Waals surface area contributed by atoms with Crippen molar-refractivity contribution < 1.29 is 4.79 Å². The Bertz CT molecular complexity index is 1950. The van der Waals surface area contributed by atoms with E-state index in [2.05, 4.69) is 68.4 Å². The Labute approximate surface area is 248 Å². The first-order chi connectivity index (χ1) is 20.4. The third kappa shape index (κ3) is 4.37. The van der Waals surface area contributed by atoms with Crippen LogP contribution >= 0.6 is 11.6 Å². The average Bonchev–Trinajstić information content (AvgIpc) is 3.58. The second-order valence-corrected chi connectivity index (χ2v) is 11.4. The Balaban J connectivity index is 1.32. The lowest BCUT2D eigenvalue weighted by Gasteiger charge is -2.40. The zero-order valence-electron chi connectivity index (χ0n) is 23.4. The Morgan fingerprint density at radius 3 is 2.60 bits per heavy atom. The smallest absolute Gasteiger partial charge is 0.253 e. The summed E-state index contributed by atoms with van der Waals surface area (Å²) in [6.45, 7) is 4.58. The summed E-state index contributed by atoms with van der Waals surface area (Å²) in [7, 11) is 0. The molecule has 1 N–H and O–H groups in total. The van der Waals surface area contributed by atoms with Gasteiger partial charge in [-0.15, -0.1) is 10.2 Å². The Kier molecular flexibility index (Phi) is 6.39. The number of benzene rings is 3. The van der Waals surface area contributed by atoms with Crippen molar-refractivity contribution in [3.63, 3.8) is 0 Å². The molecule has 0 bridgehead atoms. The van der Waals surface area contributed by atoms with Crippen molar-refractivity contribution in [3.05, 3.63) is 131 Å². The number of carbonyl (C=O) groups excluding carboxylic acids is 1. The van der Waals surface area contributed by atoms with Crippen LogP contribution < -0.4 is 5.32 Å². The van der Waals surface area contributed by atoms with Gasteiger partial charge in [0.1, 0.15) is 12.2 Å². The van der Waals surface area contributed by atoms with Crippen molar-refractivity contribution in [1.29, 1.82) is 0 Å². The summed E-state index contributed by atoms with van der Waals surface area (Å²) in [5.41, 5.74) is 7.60. The molecule has 42 heavy (non-hydrogen) atoms. The highest BCUT2D eigenvalue weighted by atomic mass is 35.5. The molecule has 208 valence electrons. The van der Waals surface area contributed by atoms with Gasteiger partial charge in [0.05, 0.1) is 22.7 Å². The summed E-state index contributed by atoms with van der Waals surface area (Å²) in [6, 6.07) is 26.4. The molecule has 0 fully saturated rings. The highest BCUT2D eigenvalue weighted by molar-refractivity contribution is 6.34. The van der Waals surface area contributed by atoms with Crippen LogP contribution in [0.4, 0.5) is 0 Å². The molecule has 4 heterocycles. The molecule has 0 saturated carbocycles. The predicted molar refractivity (Wildman–Crippen MR) is 165 cm³/mol. The lowest BCUT2D eigenvalue weighted by Crippen LogP contribution is -2.51. The number of rotatable bonds is 5. The molecule has 0 aliphatic carbocycles. The number of hydrogen-bond acceptors (Lipinski definition) is 4. The van der Waals surface area contributed by atoms with Crippen molar-refractivity contribution in [1.82, 2.24) is 29.6 Å². The number of hydrogen-bond donors (Lipinski definition) is 1. The van der Waals surface area contributed by atoms with Gasteiger partial charge in [-0.05, 0) is 68.7 Å². The van der Waals surface area contributed by atoms with Crippen LogP contribution in [0.15, 0.2) is 97.6 Å². The summed E-state index contributed by atoms with van der Waals surface area (Å²) in [4.78, 5) is 18.4. The van der Waals surface area contributed by atoms with Crippen LogP contribution in [-0.4, -0.2) is 30.2 Å². The van der Waals surface area contributed by atoms with Gasteiger partial charge in [-0.25, -0.2) is 0 Å². The maximum atomic E-state index is 14.0. The first-order valence-electron chi connectivity index (χ1n) is 14.0. The van der Waals surface area contributed by atoms with Gasteiger partial charge in [0.15, 0.2) is 0 Å². The maximum absolute atomic E-state index is 14.0. The zero-order valence-corrected chi connectivity index (χ0v) is 24.1. The average molecular weight is 573 g/mol. The van der Waals surface area contributed by atoms with Crippen molar-refractivity contribution >= 4 is 28.4 Å². The van der Waals surface area contributed by atoms with E-state index in [0.29, 0.717) is 17.1 Å². The normalized spacial score (nSPS) is 16.4. The minimum Gasteiger partial charge on any atom is -0.341 e. The maximum Gasteiger partial charge on any atom is 0.253 e. The van der Waals surface area contributed by atoms with Gasteiger partial charge in [0.25, 0.3) is 5.91 Å². The molecule has 0 spiro atoms. The van der Waals surface area contributed by atoms with E-state index in [9.17, 15) is 4.79 Å². The topological polar surface area (TPSA) is 77.6 Å². The number of carbonyl (C=O) groups is 1. The lowest BCUT2D eigenvalue weighted by molar-refractivity contribution is 0.0868. The van der Waals surface area contributed by atoms with E-state index in [4.69, 9.17) is 11.6 Å². The molecule has 0 unspecified atom stereocenters. The van der Waals surface area contributed by atoms with Crippen LogP contribution in [0.2, 0.25) is 5.02 Å². The first kappa shape index (κ1) is 26.2. The van der Waals surface area contributed by atoms with Crippen molar-refractivity contribution in [2.24, 2.45) is 0 Å². The molecule has 1 aliphatic heterocycles. The predicted octanol–water partition coefficient (Wildman–Crippen LogP) is 6.83. The molecular formula is C34H29ClN6O. The fourth-order valence-corrected chi connectivity index (χ4v) is 6.57. The van der Waals surface area contributed by atoms with E-state index in [1.165, 1.54) is 22.2 Å². The van der Waals surface area contributed by atoms with E-state index >= 15 is 0 Å². The third-order valence-electron chi connectivity index (χ3n) is 8.37. The number of aromatic nitrogens is 5. The minimum absolute atomic E-state index is 0.209. The number of pyridine rings is 1. The molecule has 8 heteroatoms. The van der Waals surface area contributed by atoms with E-state index in [0.717, 1.165) is 41.0 Å². The van der Waals surface area contributed by atoms with Crippen LogP contribution in [0, 0.1) is 13.8 Å². The molecule has 1 amide bonds. The molecule has 7 nitrogen and oxygen atoms in total. The fourth-order valence-electron chi connectivity index (χ4n) is 6.31. The Morgan fingerprint density at radius 2 is 1.86 bits per heavy atom. The SMILES string of the molecule is Cc1ccc2c(c1)c(-c1cccnc1)c1n2C[C@@](NC(=O)c2ccc(-n3cnnc3C)cc2Cl)(c2ccccc2)CC1. The van der Waals surface area contributed by atoms with E-state index in [-0.39, 0.29) is 5.91 Å². The molecule has 3 aromatic heterocycles. The summed E-state index contributed by atoms with van der Waals surface area (Å²) < 4.78 is 4.22. The first-order valence-corrected chi connectivity index (χ1v) is 14.4. The van der Waals surface area contributed by atoms with Gasteiger partial charge in [-0.3, -0.25) is 14.3 Å². The standard InChI is InChI=1S/C34H29ClN6O/c1-22-10-13-30-28(17-22)32(24-7-6-16-36-19-24)31-14-15-34(20-40(30)31,25-8-4-3-5-9-25)38-33(42)27-12-11-26(18-29(27)35)41-21-37-39-23(41)2/h3-13,16-19,21H,14-15,20H2,1-2H3,(H,38,42)/t34-/m1/s1. The summed E-state index contributed by atoms with van der Waals surface area (Å²) in [6.07, 6.45) is 6.90. The Hall–Kier alpha value is -4.75. The molecule has 0 saturated heterocycles. The number of halogens is 1. The molecule has 3 aromatic carbocycles. The summed E-state index contributed by atoms with van der Waals surface area (Å²) in [5.74, 6) is 0.531. The number of amides is 1. The lowest BCUT2D eigenvalue weighted by atomic mass is 9.81. The van der Waals surface area contributed by atoms with E-state index in [1.54, 1.807) is 24.7 Å². The highest BCUT2D eigenvalue weighted by Crippen LogP contribution is 2.43. The van der Waals surface area contributed by atoms with Crippen LogP contribution in [0.3, 0.4) is 0 Å². The molecule has 6 aromatic rings. The quantitative estimate of drug-likeness (QED) is 0.246. The number of nitrogens with one attached hydrogen (secondary N) is 1. The van der Waals surface area contributed by atoms with E-state index < -0.39 is 5.54 Å². The van der Waals surface area contributed by atoms with Crippen molar-refractivity contribution in [2.45, 2.75) is 38.8 Å². The summed E-state index contributed by atoms with van der Waals surface area (Å²) >= 11 is 6.72. The van der Waals surface area contributed by atoms with Gasteiger partial charge >= 0.3 is 0 Å². The van der Waals surface area contributed by atoms with Crippen molar-refractivity contribution in [3.8, 4) is 16.8 Å². The Morgan fingerprint density at radius 1 is 1.00 bits per heavy atom. The number of nitrogens with zero attached hydrogens (tertiary/aromatic N) is 5. The van der Waals surface area contributed by atoms with Gasteiger partial charge < -0.3 is 9.88 Å². The second kappa shape index (κ2) is 10.3. The number of fused-ring (bicyclic) bond motifs is 3. The molecular weight excluding hydrogens is 544 g/mol. The molecule has 1 aliphatic rings. The second-order valence-electron chi connectivity index (χ2n) is 11.0. The van der Waals surface area contributed by atoms with Crippen LogP contribution in [0.25, 0.3) is 27.7 Å². The monoisotopic (exact) mass is 572 g/mol. The minimum atomic E-state index is -0.638.